The van der Waals surface area contributed by atoms with Crippen molar-refractivity contribution in [3.8, 4) is 6.07 Å². The predicted octanol–water partition coefficient (Wildman–Crippen LogP) is 2.20. The van der Waals surface area contributed by atoms with Gasteiger partial charge in [0.05, 0.1) is 11.6 Å². The molecular formula is C14H19FN2O. The van der Waals surface area contributed by atoms with Crippen LogP contribution in [0.4, 0.5) is 4.39 Å². The highest BCUT2D eigenvalue weighted by molar-refractivity contribution is 5.37. The third-order valence-electron chi connectivity index (χ3n) is 3.05. The number of benzene rings is 1. The fourth-order valence-corrected chi connectivity index (χ4v) is 1.86. The first-order valence-corrected chi connectivity index (χ1v) is 6.21. The van der Waals surface area contributed by atoms with Gasteiger partial charge in [0.25, 0.3) is 0 Å². The standard InChI is InChI=1S/C14H19FN2O/c1-2-11(5-6-18)9-17-10-13-7-14(15)4-3-12(13)8-16/h3-4,7,11,17-18H,2,5-6,9-10H2,1H3. The topological polar surface area (TPSA) is 56.0 Å². The molecule has 1 unspecified atom stereocenters. The molecule has 1 aromatic rings. The van der Waals surface area contributed by atoms with Crippen molar-refractivity contribution in [1.82, 2.24) is 5.32 Å². The van der Waals surface area contributed by atoms with Crippen molar-refractivity contribution in [1.29, 1.82) is 5.26 Å². The maximum Gasteiger partial charge on any atom is 0.123 e. The zero-order chi connectivity index (χ0) is 13.4. The smallest absolute Gasteiger partial charge is 0.123 e. The monoisotopic (exact) mass is 250 g/mol. The largest absolute Gasteiger partial charge is 0.396 e. The molecule has 2 N–H and O–H groups in total. The first-order chi connectivity index (χ1) is 8.71. The van der Waals surface area contributed by atoms with Gasteiger partial charge < -0.3 is 10.4 Å². The summed E-state index contributed by atoms with van der Waals surface area (Å²) in [6.45, 7) is 3.50. The van der Waals surface area contributed by atoms with E-state index in [9.17, 15) is 4.39 Å². The Bertz CT molecular complexity index is 415. The van der Waals surface area contributed by atoms with Gasteiger partial charge in [0, 0.05) is 13.2 Å². The van der Waals surface area contributed by atoms with Crippen molar-refractivity contribution < 1.29 is 9.50 Å². The summed E-state index contributed by atoms with van der Waals surface area (Å²) in [6, 6.07) is 6.23. The SMILES string of the molecule is CCC(CCO)CNCc1cc(F)ccc1C#N. The molecule has 0 spiro atoms. The zero-order valence-corrected chi connectivity index (χ0v) is 10.6. The summed E-state index contributed by atoms with van der Waals surface area (Å²) in [5.74, 6) is 0.0855. The van der Waals surface area contributed by atoms with Crippen LogP contribution in [0, 0.1) is 23.1 Å². The van der Waals surface area contributed by atoms with Gasteiger partial charge in [-0.2, -0.15) is 5.26 Å². The fourth-order valence-electron chi connectivity index (χ4n) is 1.86. The number of aliphatic hydroxyl groups is 1. The predicted molar refractivity (Wildman–Crippen MR) is 68.3 cm³/mol. The molecule has 18 heavy (non-hydrogen) atoms. The maximum absolute atomic E-state index is 13.1. The van der Waals surface area contributed by atoms with Crippen molar-refractivity contribution in [3.05, 3.63) is 35.1 Å². The minimum Gasteiger partial charge on any atom is -0.396 e. The second kappa shape index (κ2) is 7.80. The summed E-state index contributed by atoms with van der Waals surface area (Å²) >= 11 is 0. The Labute approximate surface area is 107 Å². The summed E-state index contributed by atoms with van der Waals surface area (Å²) in [4.78, 5) is 0. The van der Waals surface area contributed by atoms with E-state index in [1.54, 1.807) is 0 Å². The third kappa shape index (κ3) is 4.44. The first-order valence-electron chi connectivity index (χ1n) is 6.21. The van der Waals surface area contributed by atoms with E-state index >= 15 is 0 Å². The average molecular weight is 250 g/mol. The zero-order valence-electron chi connectivity index (χ0n) is 10.6. The molecule has 1 aromatic carbocycles. The van der Waals surface area contributed by atoms with Crippen molar-refractivity contribution in [2.75, 3.05) is 13.2 Å². The Kier molecular flexibility index (Phi) is 6.34. The lowest BCUT2D eigenvalue weighted by Crippen LogP contribution is -2.23. The van der Waals surface area contributed by atoms with Gasteiger partial charge in [-0.15, -0.1) is 0 Å². The van der Waals surface area contributed by atoms with Crippen LogP contribution in [0.1, 0.15) is 30.9 Å². The van der Waals surface area contributed by atoms with Gasteiger partial charge in [-0.1, -0.05) is 13.3 Å². The molecule has 0 heterocycles. The number of nitriles is 1. The van der Waals surface area contributed by atoms with Gasteiger partial charge >= 0.3 is 0 Å². The van der Waals surface area contributed by atoms with E-state index in [1.165, 1.54) is 18.2 Å². The molecule has 3 nitrogen and oxygen atoms in total. The molecule has 1 atom stereocenters. The van der Waals surface area contributed by atoms with Crippen LogP contribution in [0.15, 0.2) is 18.2 Å². The second-order valence-corrected chi connectivity index (χ2v) is 4.33. The lowest BCUT2D eigenvalue weighted by molar-refractivity contribution is 0.251. The lowest BCUT2D eigenvalue weighted by atomic mass is 10.0. The van der Waals surface area contributed by atoms with Crippen LogP contribution < -0.4 is 5.32 Å². The molecule has 4 heteroatoms. The molecule has 0 saturated carbocycles. The summed E-state index contributed by atoms with van der Waals surface area (Å²) < 4.78 is 13.1. The molecule has 0 amide bonds. The number of hydrogen-bond acceptors (Lipinski definition) is 3. The minimum atomic E-state index is -0.326. The van der Waals surface area contributed by atoms with Gasteiger partial charge in [0.15, 0.2) is 0 Å². The van der Waals surface area contributed by atoms with Crippen molar-refractivity contribution >= 4 is 0 Å². The van der Waals surface area contributed by atoms with Gasteiger partial charge in [-0.3, -0.25) is 0 Å². The van der Waals surface area contributed by atoms with E-state index in [0.29, 0.717) is 23.6 Å². The van der Waals surface area contributed by atoms with E-state index in [1.807, 2.05) is 0 Å². The Morgan fingerprint density at radius 1 is 1.50 bits per heavy atom. The van der Waals surface area contributed by atoms with Crippen LogP contribution in [-0.4, -0.2) is 18.3 Å². The van der Waals surface area contributed by atoms with Crippen LogP contribution in [0.3, 0.4) is 0 Å². The molecule has 0 aromatic heterocycles. The molecule has 0 aliphatic heterocycles. The Morgan fingerprint density at radius 3 is 2.89 bits per heavy atom. The number of halogens is 1. The van der Waals surface area contributed by atoms with E-state index < -0.39 is 0 Å². The molecule has 0 aliphatic rings. The van der Waals surface area contributed by atoms with Crippen LogP contribution in [0.2, 0.25) is 0 Å². The molecule has 0 aliphatic carbocycles. The Morgan fingerprint density at radius 2 is 2.28 bits per heavy atom. The third-order valence-corrected chi connectivity index (χ3v) is 3.05. The van der Waals surface area contributed by atoms with Crippen molar-refractivity contribution in [2.24, 2.45) is 5.92 Å². The molecular weight excluding hydrogens is 231 g/mol. The highest BCUT2D eigenvalue weighted by atomic mass is 19.1. The van der Waals surface area contributed by atoms with E-state index in [2.05, 4.69) is 18.3 Å². The molecule has 98 valence electrons. The molecule has 1 rings (SSSR count). The number of nitrogens with one attached hydrogen (secondary N) is 1. The maximum atomic E-state index is 13.1. The number of nitrogens with zero attached hydrogens (tertiary/aromatic N) is 1. The number of aliphatic hydroxyl groups excluding tert-OH is 1. The van der Waals surface area contributed by atoms with E-state index in [4.69, 9.17) is 10.4 Å². The van der Waals surface area contributed by atoms with Crippen LogP contribution >= 0.6 is 0 Å². The summed E-state index contributed by atoms with van der Waals surface area (Å²) in [6.07, 6.45) is 1.75. The molecule has 0 fully saturated rings. The summed E-state index contributed by atoms with van der Waals surface area (Å²) in [5.41, 5.74) is 1.18. The summed E-state index contributed by atoms with van der Waals surface area (Å²) in [5, 5.41) is 21.0. The Balaban J connectivity index is 2.53. The van der Waals surface area contributed by atoms with E-state index in [0.717, 1.165) is 19.4 Å². The quantitative estimate of drug-likeness (QED) is 0.780. The minimum absolute atomic E-state index is 0.184. The van der Waals surface area contributed by atoms with Crippen LogP contribution in [0.25, 0.3) is 0 Å². The van der Waals surface area contributed by atoms with Crippen molar-refractivity contribution in [2.45, 2.75) is 26.3 Å². The molecule has 0 bridgehead atoms. The average Bonchev–Trinajstić information content (AvgIpc) is 2.38. The number of hydrogen-bond donors (Lipinski definition) is 2. The van der Waals surface area contributed by atoms with Gasteiger partial charge in [-0.05, 0) is 42.6 Å². The first kappa shape index (κ1) is 14.6. The highest BCUT2D eigenvalue weighted by Gasteiger charge is 2.07. The van der Waals surface area contributed by atoms with Gasteiger partial charge in [-0.25, -0.2) is 4.39 Å². The van der Waals surface area contributed by atoms with E-state index in [-0.39, 0.29) is 12.4 Å². The molecule has 0 radical (unpaired) electrons. The normalized spacial score (nSPS) is 12.1. The summed E-state index contributed by atoms with van der Waals surface area (Å²) in [7, 11) is 0. The second-order valence-electron chi connectivity index (χ2n) is 4.33. The highest BCUT2D eigenvalue weighted by Crippen LogP contribution is 2.11. The fraction of sp³-hybridized carbons (Fsp3) is 0.500. The van der Waals surface area contributed by atoms with Crippen LogP contribution in [0.5, 0.6) is 0 Å². The van der Waals surface area contributed by atoms with Gasteiger partial charge in [0.2, 0.25) is 0 Å². The van der Waals surface area contributed by atoms with Gasteiger partial charge in [0.1, 0.15) is 5.82 Å². The molecule has 0 saturated heterocycles. The number of rotatable bonds is 7. The van der Waals surface area contributed by atoms with Crippen LogP contribution in [-0.2, 0) is 6.54 Å². The van der Waals surface area contributed by atoms with Crippen molar-refractivity contribution in [3.63, 3.8) is 0 Å². The lowest BCUT2D eigenvalue weighted by Gasteiger charge is -2.14. The Hall–Kier alpha value is -1.44.